The molecule has 1 amide bonds. The Bertz CT molecular complexity index is 868. The maximum absolute atomic E-state index is 12.3. The highest BCUT2D eigenvalue weighted by atomic mass is 16.3. The number of nitrogens with one attached hydrogen (secondary N) is 1. The van der Waals surface area contributed by atoms with Gasteiger partial charge in [0, 0.05) is 25.4 Å². The van der Waals surface area contributed by atoms with Crippen LogP contribution in [0.1, 0.15) is 16.2 Å². The molecule has 0 fully saturated rings. The Labute approximate surface area is 125 Å². The van der Waals surface area contributed by atoms with Gasteiger partial charge in [0.1, 0.15) is 6.26 Å². The highest BCUT2D eigenvalue weighted by Crippen LogP contribution is 2.12. The largest absolute Gasteiger partial charge is 0.451 e. The minimum atomic E-state index is -0.324. The summed E-state index contributed by atoms with van der Waals surface area (Å²) < 4.78 is 6.04. The van der Waals surface area contributed by atoms with Crippen LogP contribution in [-0.4, -0.2) is 27.2 Å². The first kappa shape index (κ1) is 14.0. The molecule has 2 aromatic heterocycles. The fourth-order valence-electron chi connectivity index (χ4n) is 2.22. The molecule has 0 radical (unpaired) electrons. The van der Waals surface area contributed by atoms with Crippen LogP contribution < -0.4 is 10.9 Å². The van der Waals surface area contributed by atoms with Gasteiger partial charge in [0.15, 0.2) is 12.1 Å². The minimum absolute atomic E-state index is 0.227. The van der Waals surface area contributed by atoms with Crippen LogP contribution in [0, 0.1) is 0 Å². The number of aromatic nitrogens is 3. The van der Waals surface area contributed by atoms with Gasteiger partial charge in [0.2, 0.25) is 0 Å². The van der Waals surface area contributed by atoms with Crippen molar-refractivity contribution < 1.29 is 9.21 Å². The molecule has 0 saturated carbocycles. The average molecular weight is 298 g/mol. The molecule has 0 aliphatic heterocycles. The fourth-order valence-corrected chi connectivity index (χ4v) is 2.22. The van der Waals surface area contributed by atoms with E-state index >= 15 is 0 Å². The summed E-state index contributed by atoms with van der Waals surface area (Å²) >= 11 is 0. The van der Waals surface area contributed by atoms with E-state index in [0.717, 1.165) is 5.69 Å². The summed E-state index contributed by atoms with van der Waals surface area (Å²) in [5, 5.41) is 7.87. The molecule has 0 saturated heterocycles. The highest BCUT2D eigenvalue weighted by molar-refractivity contribution is 6.04. The van der Waals surface area contributed by atoms with Gasteiger partial charge >= 0.3 is 0 Å². The molecule has 0 atom stereocenters. The number of nitrogens with zero attached hydrogens (tertiary/aromatic N) is 3. The first-order valence-corrected chi connectivity index (χ1v) is 6.78. The second kappa shape index (κ2) is 5.80. The van der Waals surface area contributed by atoms with Crippen LogP contribution in [0.2, 0.25) is 0 Å². The van der Waals surface area contributed by atoms with Crippen molar-refractivity contribution in [1.82, 2.24) is 20.1 Å². The van der Waals surface area contributed by atoms with E-state index in [1.165, 1.54) is 24.4 Å². The third-order valence-electron chi connectivity index (χ3n) is 3.32. The standard InChI is InChI=1S/C15H14N4O3/c1-19-15(21)12-5-3-2-4-11(12)13(18-19)14(20)16-7-6-10-8-22-9-17-10/h2-5,8-9H,6-7H2,1H3,(H,16,20). The van der Waals surface area contributed by atoms with E-state index in [1.807, 2.05) is 0 Å². The van der Waals surface area contributed by atoms with Crippen LogP contribution in [0.3, 0.4) is 0 Å². The van der Waals surface area contributed by atoms with Crippen LogP contribution in [0.25, 0.3) is 10.8 Å². The number of carbonyl (C=O) groups is 1. The highest BCUT2D eigenvalue weighted by Gasteiger charge is 2.15. The molecule has 2 heterocycles. The zero-order valence-electron chi connectivity index (χ0n) is 11.9. The number of aryl methyl sites for hydroxylation is 1. The van der Waals surface area contributed by atoms with Crippen molar-refractivity contribution in [1.29, 1.82) is 0 Å². The molecule has 7 nitrogen and oxygen atoms in total. The molecule has 0 aliphatic rings. The summed E-state index contributed by atoms with van der Waals surface area (Å²) in [6.07, 6.45) is 3.44. The lowest BCUT2D eigenvalue weighted by molar-refractivity contribution is 0.0949. The zero-order chi connectivity index (χ0) is 15.5. The van der Waals surface area contributed by atoms with Gasteiger partial charge in [-0.05, 0) is 6.07 Å². The molecule has 3 rings (SSSR count). The van der Waals surface area contributed by atoms with Crippen LogP contribution in [0.15, 0.2) is 46.1 Å². The molecule has 3 aromatic rings. The molecule has 0 aliphatic carbocycles. The van der Waals surface area contributed by atoms with Gasteiger partial charge in [0.05, 0.1) is 11.1 Å². The molecular weight excluding hydrogens is 284 g/mol. The van der Waals surface area contributed by atoms with E-state index in [1.54, 1.807) is 24.3 Å². The Kier molecular flexibility index (Phi) is 3.69. The summed E-state index contributed by atoms with van der Waals surface area (Å²) in [6, 6.07) is 6.94. The summed E-state index contributed by atoms with van der Waals surface area (Å²) in [5.74, 6) is -0.324. The van der Waals surface area contributed by atoms with Gasteiger partial charge in [-0.15, -0.1) is 0 Å². The molecule has 1 N–H and O–H groups in total. The van der Waals surface area contributed by atoms with Gasteiger partial charge in [-0.1, -0.05) is 18.2 Å². The summed E-state index contributed by atoms with van der Waals surface area (Å²) in [7, 11) is 1.53. The number of carbonyl (C=O) groups excluding carboxylic acids is 1. The predicted molar refractivity (Wildman–Crippen MR) is 79.5 cm³/mol. The third kappa shape index (κ3) is 2.60. The first-order chi connectivity index (χ1) is 10.7. The topological polar surface area (TPSA) is 90.0 Å². The summed E-state index contributed by atoms with van der Waals surface area (Å²) in [5.41, 5.74) is 0.770. The van der Waals surface area contributed by atoms with Crippen molar-refractivity contribution in [3.8, 4) is 0 Å². The average Bonchev–Trinajstić information content (AvgIpc) is 3.04. The molecule has 0 unspecified atom stereocenters. The molecule has 0 spiro atoms. The SMILES string of the molecule is Cn1nc(C(=O)NCCc2cocn2)c2ccccc2c1=O. The lowest BCUT2D eigenvalue weighted by Crippen LogP contribution is -2.30. The van der Waals surface area contributed by atoms with Crippen LogP contribution in [0.4, 0.5) is 0 Å². The lowest BCUT2D eigenvalue weighted by atomic mass is 10.1. The van der Waals surface area contributed by atoms with Crippen LogP contribution >= 0.6 is 0 Å². The van der Waals surface area contributed by atoms with Crippen molar-refractivity contribution in [3.05, 3.63) is 58.7 Å². The Balaban J connectivity index is 1.84. The number of rotatable bonds is 4. The summed E-state index contributed by atoms with van der Waals surface area (Å²) in [4.78, 5) is 28.3. The second-order valence-corrected chi connectivity index (χ2v) is 4.81. The smallest absolute Gasteiger partial charge is 0.274 e. The van der Waals surface area contributed by atoms with Gasteiger partial charge in [0.25, 0.3) is 11.5 Å². The predicted octanol–water partition coefficient (Wildman–Crippen LogP) is 0.894. The Morgan fingerprint density at radius 3 is 2.82 bits per heavy atom. The quantitative estimate of drug-likeness (QED) is 0.772. The monoisotopic (exact) mass is 298 g/mol. The second-order valence-electron chi connectivity index (χ2n) is 4.81. The van der Waals surface area contributed by atoms with E-state index in [0.29, 0.717) is 23.7 Å². The zero-order valence-corrected chi connectivity index (χ0v) is 11.9. The Morgan fingerprint density at radius 1 is 1.32 bits per heavy atom. The molecule has 7 heteroatoms. The van der Waals surface area contributed by atoms with Crippen LogP contribution in [-0.2, 0) is 13.5 Å². The van der Waals surface area contributed by atoms with E-state index in [2.05, 4.69) is 15.4 Å². The Hall–Kier alpha value is -2.96. The number of hydrogen-bond donors (Lipinski definition) is 1. The molecular formula is C15H14N4O3. The normalized spacial score (nSPS) is 10.8. The van der Waals surface area contributed by atoms with E-state index in [-0.39, 0.29) is 17.2 Å². The molecule has 22 heavy (non-hydrogen) atoms. The van der Waals surface area contributed by atoms with Crippen LogP contribution in [0.5, 0.6) is 0 Å². The maximum atomic E-state index is 12.3. The lowest BCUT2D eigenvalue weighted by Gasteiger charge is -2.08. The molecule has 0 bridgehead atoms. The van der Waals surface area contributed by atoms with Gasteiger partial charge in [-0.25, -0.2) is 9.67 Å². The molecule has 1 aromatic carbocycles. The van der Waals surface area contributed by atoms with Crippen molar-refractivity contribution in [2.24, 2.45) is 7.05 Å². The number of fused-ring (bicyclic) bond motifs is 1. The van der Waals surface area contributed by atoms with E-state index in [4.69, 9.17) is 4.42 Å². The van der Waals surface area contributed by atoms with Gasteiger partial charge in [-0.2, -0.15) is 5.10 Å². The molecule has 112 valence electrons. The van der Waals surface area contributed by atoms with Crippen molar-refractivity contribution in [3.63, 3.8) is 0 Å². The first-order valence-electron chi connectivity index (χ1n) is 6.78. The van der Waals surface area contributed by atoms with Crippen molar-refractivity contribution in [2.45, 2.75) is 6.42 Å². The van der Waals surface area contributed by atoms with Gasteiger partial charge in [-0.3, -0.25) is 9.59 Å². The maximum Gasteiger partial charge on any atom is 0.274 e. The third-order valence-corrected chi connectivity index (χ3v) is 3.32. The number of amides is 1. The minimum Gasteiger partial charge on any atom is -0.451 e. The van der Waals surface area contributed by atoms with Crippen molar-refractivity contribution >= 4 is 16.7 Å². The van der Waals surface area contributed by atoms with E-state index in [9.17, 15) is 9.59 Å². The Morgan fingerprint density at radius 2 is 2.09 bits per heavy atom. The van der Waals surface area contributed by atoms with Gasteiger partial charge < -0.3 is 9.73 Å². The number of benzene rings is 1. The number of oxazole rings is 1. The number of hydrogen-bond acceptors (Lipinski definition) is 5. The van der Waals surface area contributed by atoms with Crippen molar-refractivity contribution in [2.75, 3.05) is 6.54 Å². The van der Waals surface area contributed by atoms with E-state index < -0.39 is 0 Å². The fraction of sp³-hybridized carbons (Fsp3) is 0.200. The summed E-state index contributed by atoms with van der Waals surface area (Å²) in [6.45, 7) is 0.407.